The molecule has 0 spiro atoms. The fourth-order valence-electron chi connectivity index (χ4n) is 2.57. The van der Waals surface area contributed by atoms with E-state index in [1.54, 1.807) is 11.8 Å². The van der Waals surface area contributed by atoms with E-state index in [1.165, 1.54) is 5.56 Å². The maximum Gasteiger partial charge on any atom is 0.191 e. The van der Waals surface area contributed by atoms with Crippen LogP contribution in [-0.2, 0) is 13.1 Å². The van der Waals surface area contributed by atoms with Gasteiger partial charge >= 0.3 is 0 Å². The lowest BCUT2D eigenvalue weighted by atomic mass is 10.0. The van der Waals surface area contributed by atoms with Gasteiger partial charge in [-0.05, 0) is 12.5 Å². The summed E-state index contributed by atoms with van der Waals surface area (Å²) < 4.78 is 7.86. The van der Waals surface area contributed by atoms with Crippen molar-refractivity contribution in [3.05, 3.63) is 35.7 Å². The Balaban J connectivity index is 1.70. The molecule has 0 saturated carbocycles. The van der Waals surface area contributed by atoms with E-state index in [1.807, 2.05) is 12.1 Å². The Hall–Kier alpha value is -1.53. The van der Waals surface area contributed by atoms with Crippen molar-refractivity contribution in [3.8, 4) is 5.75 Å². The largest absolute Gasteiger partial charge is 0.493 e. The molecule has 5 nitrogen and oxygen atoms in total. The maximum atomic E-state index is 5.73. The number of nitrogens with two attached hydrogens (primary N) is 1. The summed E-state index contributed by atoms with van der Waals surface area (Å²) in [7, 11) is 0. The first-order valence-corrected chi connectivity index (χ1v) is 8.28. The van der Waals surface area contributed by atoms with E-state index < -0.39 is 0 Å². The molecule has 1 atom stereocenters. The van der Waals surface area contributed by atoms with Crippen molar-refractivity contribution in [1.82, 2.24) is 14.8 Å². The summed E-state index contributed by atoms with van der Waals surface area (Å²) in [6.07, 6.45) is 1.05. The number of aromatic nitrogens is 3. The number of fused-ring (bicyclic) bond motifs is 1. The minimum absolute atomic E-state index is 0.416. The van der Waals surface area contributed by atoms with E-state index >= 15 is 0 Å². The predicted molar refractivity (Wildman–Crippen MR) is 83.6 cm³/mol. The van der Waals surface area contributed by atoms with Crippen LogP contribution in [0.15, 0.2) is 29.4 Å². The van der Waals surface area contributed by atoms with Gasteiger partial charge in [-0.3, -0.25) is 0 Å². The summed E-state index contributed by atoms with van der Waals surface area (Å²) in [5, 5.41) is 9.42. The lowest BCUT2D eigenvalue weighted by Gasteiger charge is -2.10. The van der Waals surface area contributed by atoms with Gasteiger partial charge < -0.3 is 15.0 Å². The Morgan fingerprint density at radius 2 is 2.24 bits per heavy atom. The summed E-state index contributed by atoms with van der Waals surface area (Å²) in [6, 6.07) is 8.26. The minimum Gasteiger partial charge on any atom is -0.493 e. The molecule has 112 valence electrons. The van der Waals surface area contributed by atoms with Crippen molar-refractivity contribution in [1.29, 1.82) is 0 Å². The molecule has 1 aliphatic heterocycles. The first-order valence-electron chi connectivity index (χ1n) is 7.30. The second-order valence-corrected chi connectivity index (χ2v) is 6.10. The first kappa shape index (κ1) is 14.4. The Morgan fingerprint density at radius 1 is 1.38 bits per heavy atom. The number of rotatable bonds is 6. The molecule has 2 N–H and O–H groups in total. The molecular formula is C15H20N4OS. The summed E-state index contributed by atoms with van der Waals surface area (Å²) in [5.41, 5.74) is 7.02. The average Bonchev–Trinajstić information content (AvgIpc) is 3.09. The van der Waals surface area contributed by atoms with Crippen LogP contribution in [0, 0.1) is 0 Å². The van der Waals surface area contributed by atoms with Crippen molar-refractivity contribution >= 4 is 11.8 Å². The number of thioether (sulfide) groups is 1. The Morgan fingerprint density at radius 3 is 3.05 bits per heavy atom. The van der Waals surface area contributed by atoms with Gasteiger partial charge in [-0.25, -0.2) is 0 Å². The fraction of sp³-hybridized carbons (Fsp3) is 0.467. The highest BCUT2D eigenvalue weighted by atomic mass is 32.2. The average molecular weight is 304 g/mol. The van der Waals surface area contributed by atoms with Gasteiger partial charge in [0.25, 0.3) is 0 Å². The van der Waals surface area contributed by atoms with Crippen LogP contribution in [-0.4, -0.2) is 27.1 Å². The van der Waals surface area contributed by atoms with Gasteiger partial charge in [-0.2, -0.15) is 0 Å². The van der Waals surface area contributed by atoms with Crippen molar-refractivity contribution < 1.29 is 4.74 Å². The monoisotopic (exact) mass is 304 g/mol. The molecule has 21 heavy (non-hydrogen) atoms. The highest BCUT2D eigenvalue weighted by Crippen LogP contribution is 2.36. The highest BCUT2D eigenvalue weighted by molar-refractivity contribution is 7.99. The summed E-state index contributed by atoms with van der Waals surface area (Å²) in [5.74, 6) is 3.24. The van der Waals surface area contributed by atoms with Gasteiger partial charge in [0.05, 0.1) is 13.2 Å². The standard InChI is InChI=1S/C15H20N4OS/c1-2-7-19-14(8-16)17-18-15(19)21-10-11-9-20-13-6-4-3-5-12(11)13/h3-6,11H,2,7-10,16H2,1H3. The lowest BCUT2D eigenvalue weighted by Crippen LogP contribution is -2.10. The van der Waals surface area contributed by atoms with Gasteiger partial charge in [0, 0.05) is 23.8 Å². The molecule has 0 aliphatic carbocycles. The van der Waals surface area contributed by atoms with Crippen LogP contribution in [0.4, 0.5) is 0 Å². The minimum atomic E-state index is 0.416. The zero-order valence-corrected chi connectivity index (χ0v) is 13.0. The molecule has 0 bridgehead atoms. The van der Waals surface area contributed by atoms with Crippen molar-refractivity contribution in [2.75, 3.05) is 12.4 Å². The third kappa shape index (κ3) is 2.91. The quantitative estimate of drug-likeness (QED) is 0.830. The Bertz CT molecular complexity index is 613. The van der Waals surface area contributed by atoms with Crippen molar-refractivity contribution in [3.63, 3.8) is 0 Å². The van der Waals surface area contributed by atoms with E-state index in [-0.39, 0.29) is 0 Å². The normalized spacial score (nSPS) is 16.8. The van der Waals surface area contributed by atoms with E-state index in [0.717, 1.165) is 42.1 Å². The Labute approximate surface area is 128 Å². The molecule has 0 fully saturated rings. The molecule has 6 heteroatoms. The van der Waals surface area contributed by atoms with Crippen LogP contribution >= 0.6 is 11.8 Å². The van der Waals surface area contributed by atoms with Crippen LogP contribution in [0.1, 0.15) is 30.7 Å². The van der Waals surface area contributed by atoms with Gasteiger partial charge in [-0.1, -0.05) is 36.9 Å². The van der Waals surface area contributed by atoms with Crippen LogP contribution in [0.25, 0.3) is 0 Å². The van der Waals surface area contributed by atoms with Gasteiger partial charge in [-0.15, -0.1) is 10.2 Å². The summed E-state index contributed by atoms with van der Waals surface area (Å²) in [4.78, 5) is 0. The predicted octanol–water partition coefficient (Wildman–Crippen LogP) is 2.42. The van der Waals surface area contributed by atoms with Gasteiger partial charge in [0.15, 0.2) is 5.16 Å². The number of ether oxygens (including phenoxy) is 1. The number of hydrogen-bond acceptors (Lipinski definition) is 5. The highest BCUT2D eigenvalue weighted by Gasteiger charge is 2.24. The molecule has 1 unspecified atom stereocenters. The van der Waals surface area contributed by atoms with E-state index in [2.05, 4.69) is 33.8 Å². The molecule has 0 radical (unpaired) electrons. The molecule has 1 aromatic heterocycles. The topological polar surface area (TPSA) is 66.0 Å². The number of nitrogens with zero attached hydrogens (tertiary/aromatic N) is 3. The van der Waals surface area contributed by atoms with E-state index in [0.29, 0.717) is 12.5 Å². The van der Waals surface area contributed by atoms with Crippen LogP contribution in [0.3, 0.4) is 0 Å². The van der Waals surface area contributed by atoms with E-state index in [4.69, 9.17) is 10.5 Å². The zero-order valence-electron chi connectivity index (χ0n) is 12.2. The zero-order chi connectivity index (χ0) is 14.7. The van der Waals surface area contributed by atoms with Crippen LogP contribution < -0.4 is 10.5 Å². The molecule has 1 aliphatic rings. The third-order valence-electron chi connectivity index (χ3n) is 3.64. The molecule has 3 rings (SSSR count). The number of para-hydroxylation sites is 1. The van der Waals surface area contributed by atoms with Gasteiger partial charge in [0.2, 0.25) is 0 Å². The first-order chi connectivity index (χ1) is 10.3. The van der Waals surface area contributed by atoms with Crippen LogP contribution in [0.2, 0.25) is 0 Å². The lowest BCUT2D eigenvalue weighted by molar-refractivity contribution is 0.338. The maximum absolute atomic E-state index is 5.73. The second kappa shape index (κ2) is 6.49. The molecular weight excluding hydrogens is 284 g/mol. The second-order valence-electron chi connectivity index (χ2n) is 5.11. The Kier molecular flexibility index (Phi) is 4.45. The molecule has 2 aromatic rings. The smallest absolute Gasteiger partial charge is 0.191 e. The number of benzene rings is 1. The summed E-state index contributed by atoms with van der Waals surface area (Å²) in [6.45, 7) is 4.25. The van der Waals surface area contributed by atoms with Crippen molar-refractivity contribution in [2.24, 2.45) is 5.73 Å². The van der Waals surface area contributed by atoms with E-state index in [9.17, 15) is 0 Å². The fourth-order valence-corrected chi connectivity index (χ4v) is 3.64. The molecule has 0 saturated heterocycles. The SMILES string of the molecule is CCCn1c(CN)nnc1SCC1COc2ccccc21. The molecule has 1 aromatic carbocycles. The molecule has 0 amide bonds. The molecule has 2 heterocycles. The van der Waals surface area contributed by atoms with Crippen molar-refractivity contribution in [2.45, 2.75) is 37.5 Å². The number of hydrogen-bond donors (Lipinski definition) is 1. The summed E-state index contributed by atoms with van der Waals surface area (Å²) >= 11 is 1.74. The van der Waals surface area contributed by atoms with Gasteiger partial charge in [0.1, 0.15) is 11.6 Å². The third-order valence-corrected chi connectivity index (χ3v) is 4.76. The van der Waals surface area contributed by atoms with Crippen LogP contribution in [0.5, 0.6) is 5.75 Å².